The average Bonchev–Trinajstić information content (AvgIpc) is 2.04. The van der Waals surface area contributed by atoms with Crippen LogP contribution in [0.4, 0.5) is 0 Å². The summed E-state index contributed by atoms with van der Waals surface area (Å²) in [7, 11) is 0. The van der Waals surface area contributed by atoms with E-state index in [0.29, 0.717) is 10.6 Å². The van der Waals surface area contributed by atoms with Gasteiger partial charge in [-0.25, -0.2) is 0 Å². The Kier molecular flexibility index (Phi) is 3.22. The minimum absolute atomic E-state index is 0.484. The highest BCUT2D eigenvalue weighted by atomic mass is 35.5. The van der Waals surface area contributed by atoms with Crippen molar-refractivity contribution in [3.05, 3.63) is 45.0 Å². The number of halogens is 1. The molecule has 0 aliphatic heterocycles. The van der Waals surface area contributed by atoms with Crippen LogP contribution in [0.5, 0.6) is 0 Å². The van der Waals surface area contributed by atoms with E-state index in [1.54, 1.807) is 24.3 Å². The number of hydrogen-bond acceptors (Lipinski definition) is 3. The van der Waals surface area contributed by atoms with E-state index in [1.165, 1.54) is 0 Å². The lowest BCUT2D eigenvalue weighted by Gasteiger charge is -2.05. The molecule has 0 saturated heterocycles. The second-order valence-corrected chi connectivity index (χ2v) is 3.02. The highest BCUT2D eigenvalue weighted by Crippen LogP contribution is 2.16. The molecule has 1 N–H and O–H groups in total. The van der Waals surface area contributed by atoms with Gasteiger partial charge in [0.2, 0.25) is 6.54 Å². The van der Waals surface area contributed by atoms with E-state index < -0.39 is 17.6 Å². The average molecular weight is 202 g/mol. The maximum Gasteiger partial charge on any atom is 0.233 e. The van der Waals surface area contributed by atoms with E-state index >= 15 is 0 Å². The fraction of sp³-hybridized carbons (Fsp3) is 0.250. The second-order valence-electron chi connectivity index (χ2n) is 2.58. The lowest BCUT2D eigenvalue weighted by Crippen LogP contribution is -2.11. The second kappa shape index (κ2) is 4.20. The van der Waals surface area contributed by atoms with Crippen molar-refractivity contribution in [2.24, 2.45) is 0 Å². The molecule has 1 rings (SSSR count). The van der Waals surface area contributed by atoms with Gasteiger partial charge < -0.3 is 5.11 Å². The van der Waals surface area contributed by atoms with Gasteiger partial charge in [-0.15, -0.1) is 0 Å². The molecule has 13 heavy (non-hydrogen) atoms. The normalized spacial score (nSPS) is 12.5. The molecule has 0 fully saturated rings. The lowest BCUT2D eigenvalue weighted by molar-refractivity contribution is -0.491. The molecule has 0 amide bonds. The van der Waals surface area contributed by atoms with Gasteiger partial charge >= 0.3 is 0 Å². The number of hydrogen-bond donors (Lipinski definition) is 1. The molecule has 0 aliphatic carbocycles. The topological polar surface area (TPSA) is 63.4 Å². The van der Waals surface area contributed by atoms with Crippen LogP contribution in [0, 0.1) is 10.1 Å². The van der Waals surface area contributed by atoms with E-state index in [0.717, 1.165) is 0 Å². The first-order valence-corrected chi connectivity index (χ1v) is 4.02. The van der Waals surface area contributed by atoms with E-state index in [-0.39, 0.29) is 0 Å². The minimum atomic E-state index is -1.06. The first-order valence-electron chi connectivity index (χ1n) is 3.65. The number of benzene rings is 1. The van der Waals surface area contributed by atoms with Gasteiger partial charge in [-0.05, 0) is 17.7 Å². The van der Waals surface area contributed by atoms with Crippen LogP contribution in [0.15, 0.2) is 24.3 Å². The van der Waals surface area contributed by atoms with Crippen molar-refractivity contribution < 1.29 is 10.0 Å². The third-order valence-electron chi connectivity index (χ3n) is 1.58. The first kappa shape index (κ1) is 9.95. The van der Waals surface area contributed by atoms with Crippen LogP contribution in [0.25, 0.3) is 0 Å². The van der Waals surface area contributed by atoms with Crippen molar-refractivity contribution in [3.63, 3.8) is 0 Å². The monoisotopic (exact) mass is 201 g/mol. The van der Waals surface area contributed by atoms with Crippen molar-refractivity contribution in [2.45, 2.75) is 6.10 Å². The summed E-state index contributed by atoms with van der Waals surface area (Å²) in [5, 5.41) is 19.9. The predicted octanol–water partition coefficient (Wildman–Crippen LogP) is 1.65. The van der Waals surface area contributed by atoms with Gasteiger partial charge in [0.1, 0.15) is 6.10 Å². The summed E-state index contributed by atoms with van der Waals surface area (Å²) in [6.45, 7) is -0.484. The quantitative estimate of drug-likeness (QED) is 0.598. The van der Waals surface area contributed by atoms with Crippen molar-refractivity contribution in [1.29, 1.82) is 0 Å². The van der Waals surface area contributed by atoms with Crippen LogP contribution in [-0.4, -0.2) is 16.6 Å². The number of nitrogens with zero attached hydrogens (tertiary/aromatic N) is 1. The molecule has 5 heteroatoms. The molecule has 0 aliphatic rings. The summed E-state index contributed by atoms with van der Waals surface area (Å²) >= 11 is 5.61. The summed E-state index contributed by atoms with van der Waals surface area (Å²) < 4.78 is 0. The molecule has 0 saturated carbocycles. The van der Waals surface area contributed by atoms with E-state index in [4.69, 9.17) is 11.6 Å². The molecule has 0 bridgehead atoms. The van der Waals surface area contributed by atoms with Crippen LogP contribution < -0.4 is 0 Å². The van der Waals surface area contributed by atoms with E-state index in [9.17, 15) is 15.2 Å². The zero-order valence-electron chi connectivity index (χ0n) is 6.68. The minimum Gasteiger partial charge on any atom is -0.382 e. The van der Waals surface area contributed by atoms with Crippen LogP contribution in [0.3, 0.4) is 0 Å². The first-order chi connectivity index (χ1) is 6.09. The van der Waals surface area contributed by atoms with Crippen molar-refractivity contribution >= 4 is 11.6 Å². The molecule has 1 aromatic carbocycles. The van der Waals surface area contributed by atoms with E-state index in [2.05, 4.69) is 0 Å². The van der Waals surface area contributed by atoms with Crippen molar-refractivity contribution in [1.82, 2.24) is 0 Å². The van der Waals surface area contributed by atoms with Gasteiger partial charge in [-0.2, -0.15) is 0 Å². The summed E-state index contributed by atoms with van der Waals surface area (Å²) in [5.74, 6) is 0. The Morgan fingerprint density at radius 2 is 2.00 bits per heavy atom. The number of aliphatic hydroxyl groups excluding tert-OH is 1. The van der Waals surface area contributed by atoms with Crippen LogP contribution in [0.1, 0.15) is 11.7 Å². The zero-order chi connectivity index (χ0) is 9.84. The molecule has 0 spiro atoms. The fourth-order valence-electron chi connectivity index (χ4n) is 0.932. The van der Waals surface area contributed by atoms with Crippen molar-refractivity contribution in [3.8, 4) is 0 Å². The maximum absolute atomic E-state index is 10.1. The van der Waals surface area contributed by atoms with Gasteiger partial charge in [0.15, 0.2) is 0 Å². The third-order valence-corrected chi connectivity index (χ3v) is 1.83. The SMILES string of the molecule is O=[N+]([O-])C[C@H](O)c1ccc(Cl)cc1. The standard InChI is InChI=1S/C8H8ClNO3/c9-7-3-1-6(2-4-7)8(11)5-10(12)13/h1-4,8,11H,5H2/t8-/m0/s1. The Hall–Kier alpha value is -1.13. The Morgan fingerprint density at radius 1 is 1.46 bits per heavy atom. The van der Waals surface area contributed by atoms with Crippen LogP contribution in [-0.2, 0) is 0 Å². The highest BCUT2D eigenvalue weighted by Gasteiger charge is 2.13. The summed E-state index contributed by atoms with van der Waals surface area (Å²) in [5.41, 5.74) is 0.501. The van der Waals surface area contributed by atoms with Gasteiger partial charge in [-0.3, -0.25) is 10.1 Å². The predicted molar refractivity (Wildman–Crippen MR) is 48.3 cm³/mol. The Balaban J connectivity index is 2.71. The van der Waals surface area contributed by atoms with Crippen LogP contribution >= 0.6 is 11.6 Å². The Morgan fingerprint density at radius 3 is 2.46 bits per heavy atom. The molecular weight excluding hydrogens is 194 g/mol. The number of nitro groups is 1. The number of rotatable bonds is 3. The summed E-state index contributed by atoms with van der Waals surface area (Å²) in [6.07, 6.45) is -1.06. The van der Waals surface area contributed by atoms with Gasteiger partial charge in [0.05, 0.1) is 0 Å². The maximum atomic E-state index is 10.1. The highest BCUT2D eigenvalue weighted by molar-refractivity contribution is 6.30. The lowest BCUT2D eigenvalue weighted by atomic mass is 10.1. The summed E-state index contributed by atoms with van der Waals surface area (Å²) in [4.78, 5) is 9.51. The smallest absolute Gasteiger partial charge is 0.233 e. The van der Waals surface area contributed by atoms with Crippen molar-refractivity contribution in [2.75, 3.05) is 6.54 Å². The molecule has 0 radical (unpaired) electrons. The molecular formula is C8H8ClNO3. The molecule has 0 aromatic heterocycles. The Bertz CT molecular complexity index is 299. The summed E-state index contributed by atoms with van der Waals surface area (Å²) in [6, 6.07) is 6.30. The van der Waals surface area contributed by atoms with E-state index in [1.807, 2.05) is 0 Å². The van der Waals surface area contributed by atoms with Gasteiger partial charge in [-0.1, -0.05) is 23.7 Å². The fourth-order valence-corrected chi connectivity index (χ4v) is 1.06. The van der Waals surface area contributed by atoms with Crippen LogP contribution in [0.2, 0.25) is 5.02 Å². The molecule has 0 unspecified atom stereocenters. The molecule has 0 heterocycles. The van der Waals surface area contributed by atoms with Gasteiger partial charge in [0.25, 0.3) is 0 Å². The molecule has 1 atom stereocenters. The Labute approximate surface area is 79.9 Å². The molecule has 70 valence electrons. The zero-order valence-corrected chi connectivity index (χ0v) is 7.44. The third kappa shape index (κ3) is 3.01. The molecule has 1 aromatic rings. The largest absolute Gasteiger partial charge is 0.382 e. The number of aliphatic hydroxyl groups is 1. The van der Waals surface area contributed by atoms with Gasteiger partial charge in [0, 0.05) is 9.95 Å². The molecule has 4 nitrogen and oxygen atoms in total.